The van der Waals surface area contributed by atoms with Gasteiger partial charge in [0.1, 0.15) is 12.1 Å². The van der Waals surface area contributed by atoms with Gasteiger partial charge in [0.05, 0.1) is 6.67 Å². The minimum absolute atomic E-state index is 0.0153. The summed E-state index contributed by atoms with van der Waals surface area (Å²) in [6.45, 7) is 8.90. The van der Waals surface area contributed by atoms with Crippen LogP contribution in [-0.4, -0.2) is 77.4 Å². The molecule has 39 heavy (non-hydrogen) atoms. The summed E-state index contributed by atoms with van der Waals surface area (Å²) >= 11 is 0. The molecule has 3 fully saturated rings. The normalized spacial score (nSPS) is 20.1. The van der Waals surface area contributed by atoms with Gasteiger partial charge >= 0.3 is 0 Å². The van der Waals surface area contributed by atoms with Crippen LogP contribution in [0.5, 0.6) is 0 Å². The Balaban J connectivity index is 1.24. The lowest BCUT2D eigenvalue weighted by atomic mass is 9.84. The van der Waals surface area contributed by atoms with Crippen LogP contribution in [0.2, 0.25) is 0 Å². The van der Waals surface area contributed by atoms with Gasteiger partial charge in [-0.1, -0.05) is 69.3 Å². The zero-order valence-corrected chi connectivity index (χ0v) is 23.6. The van der Waals surface area contributed by atoms with Crippen LogP contribution >= 0.6 is 0 Å². The SMILES string of the molecule is CC(C)(C)C(=O)N1CCC2(CC1)C(=O)N(CC(=O)N1CCC(Cc3ccccc3)CC1)CN2c1ccccc1. The average molecular weight is 531 g/mol. The molecule has 0 unspecified atom stereocenters. The van der Waals surface area contributed by atoms with Crippen LogP contribution in [0.3, 0.4) is 0 Å². The molecule has 208 valence electrons. The minimum Gasteiger partial charge on any atom is -0.342 e. The van der Waals surface area contributed by atoms with Crippen molar-refractivity contribution in [2.45, 2.75) is 58.4 Å². The molecule has 0 N–H and O–H groups in total. The second-order valence-electron chi connectivity index (χ2n) is 12.5. The van der Waals surface area contributed by atoms with Crippen molar-refractivity contribution in [3.8, 4) is 0 Å². The zero-order valence-electron chi connectivity index (χ0n) is 23.6. The van der Waals surface area contributed by atoms with Gasteiger partial charge in [-0.2, -0.15) is 0 Å². The summed E-state index contributed by atoms with van der Waals surface area (Å²) in [6.07, 6.45) is 4.17. The Labute approximate surface area is 232 Å². The van der Waals surface area contributed by atoms with E-state index in [0.717, 1.165) is 38.0 Å². The summed E-state index contributed by atoms with van der Waals surface area (Å²) < 4.78 is 0. The van der Waals surface area contributed by atoms with Gasteiger partial charge in [-0.05, 0) is 55.7 Å². The van der Waals surface area contributed by atoms with Crippen LogP contribution in [0, 0.1) is 11.3 Å². The van der Waals surface area contributed by atoms with Gasteiger partial charge in [0.15, 0.2) is 0 Å². The second kappa shape index (κ2) is 11.0. The summed E-state index contributed by atoms with van der Waals surface area (Å²) in [5.41, 5.74) is 1.17. The highest BCUT2D eigenvalue weighted by Gasteiger charge is 2.54. The highest BCUT2D eigenvalue weighted by Crippen LogP contribution is 2.40. The molecule has 0 saturated carbocycles. The quantitative estimate of drug-likeness (QED) is 0.582. The summed E-state index contributed by atoms with van der Waals surface area (Å²) in [7, 11) is 0. The molecule has 0 aliphatic carbocycles. The molecule has 0 atom stereocenters. The van der Waals surface area contributed by atoms with E-state index in [2.05, 4.69) is 29.2 Å². The number of para-hydroxylation sites is 1. The van der Waals surface area contributed by atoms with E-state index in [1.807, 2.05) is 67.0 Å². The standard InChI is InChI=1S/C32H42N4O3/c1-31(2,3)29(38)34-20-16-32(17-21-34)30(39)35(24-36(32)27-12-8-5-9-13-27)23-28(37)33-18-14-26(15-19-33)22-25-10-6-4-7-11-25/h4-13,26H,14-24H2,1-3H3. The van der Waals surface area contributed by atoms with Crippen molar-refractivity contribution in [2.24, 2.45) is 11.3 Å². The summed E-state index contributed by atoms with van der Waals surface area (Å²) in [4.78, 5) is 48.1. The zero-order chi connectivity index (χ0) is 27.6. The van der Waals surface area contributed by atoms with Crippen LogP contribution in [-0.2, 0) is 20.8 Å². The number of hydrogen-bond acceptors (Lipinski definition) is 4. The van der Waals surface area contributed by atoms with Crippen molar-refractivity contribution in [1.29, 1.82) is 0 Å². The number of nitrogens with zero attached hydrogens (tertiary/aromatic N) is 4. The maximum atomic E-state index is 14.0. The number of likely N-dealkylation sites (tertiary alicyclic amines) is 2. The summed E-state index contributed by atoms with van der Waals surface area (Å²) in [5, 5.41) is 0. The third-order valence-corrected chi connectivity index (χ3v) is 8.76. The van der Waals surface area contributed by atoms with Crippen molar-refractivity contribution in [1.82, 2.24) is 14.7 Å². The maximum Gasteiger partial charge on any atom is 0.250 e. The molecule has 2 aromatic carbocycles. The Bertz CT molecular complexity index is 1160. The first-order valence-electron chi connectivity index (χ1n) is 14.4. The molecule has 3 heterocycles. The molecule has 3 amide bonds. The molecule has 3 aliphatic heterocycles. The van der Waals surface area contributed by atoms with E-state index in [9.17, 15) is 14.4 Å². The third kappa shape index (κ3) is 5.68. The van der Waals surface area contributed by atoms with E-state index in [1.54, 1.807) is 4.90 Å². The van der Waals surface area contributed by atoms with Crippen molar-refractivity contribution in [2.75, 3.05) is 44.3 Å². The lowest BCUT2D eigenvalue weighted by Crippen LogP contribution is -2.58. The van der Waals surface area contributed by atoms with E-state index in [1.165, 1.54) is 5.56 Å². The van der Waals surface area contributed by atoms with Gasteiger partial charge in [0, 0.05) is 37.3 Å². The van der Waals surface area contributed by atoms with Crippen LogP contribution in [0.1, 0.15) is 52.0 Å². The first-order chi connectivity index (χ1) is 18.7. The molecule has 3 aliphatic rings. The fourth-order valence-corrected chi connectivity index (χ4v) is 6.47. The van der Waals surface area contributed by atoms with Crippen molar-refractivity contribution in [3.63, 3.8) is 0 Å². The van der Waals surface area contributed by atoms with Gasteiger partial charge in [-0.3, -0.25) is 14.4 Å². The topological polar surface area (TPSA) is 64.2 Å². The van der Waals surface area contributed by atoms with Crippen LogP contribution < -0.4 is 4.90 Å². The second-order valence-corrected chi connectivity index (χ2v) is 12.5. The molecule has 7 heteroatoms. The third-order valence-electron chi connectivity index (χ3n) is 8.76. The highest BCUT2D eigenvalue weighted by atomic mass is 16.2. The first-order valence-corrected chi connectivity index (χ1v) is 14.4. The van der Waals surface area contributed by atoms with Crippen LogP contribution in [0.15, 0.2) is 60.7 Å². The Kier molecular flexibility index (Phi) is 7.70. The predicted molar refractivity (Wildman–Crippen MR) is 153 cm³/mol. The number of hydrogen-bond donors (Lipinski definition) is 0. The predicted octanol–water partition coefficient (Wildman–Crippen LogP) is 4.18. The van der Waals surface area contributed by atoms with Crippen molar-refractivity contribution < 1.29 is 14.4 Å². The van der Waals surface area contributed by atoms with Gasteiger partial charge < -0.3 is 19.6 Å². The van der Waals surface area contributed by atoms with Crippen LogP contribution in [0.25, 0.3) is 0 Å². The lowest BCUT2D eigenvalue weighted by molar-refractivity contribution is -0.145. The molecule has 0 aromatic heterocycles. The molecule has 0 radical (unpaired) electrons. The molecular formula is C32H42N4O3. The fourth-order valence-electron chi connectivity index (χ4n) is 6.47. The average Bonchev–Trinajstić information content (AvgIpc) is 3.20. The monoisotopic (exact) mass is 530 g/mol. The molecule has 5 rings (SSSR count). The number of anilines is 1. The smallest absolute Gasteiger partial charge is 0.250 e. The molecule has 0 bridgehead atoms. The Hall–Kier alpha value is -3.35. The van der Waals surface area contributed by atoms with E-state index >= 15 is 0 Å². The highest BCUT2D eigenvalue weighted by molar-refractivity contribution is 5.96. The molecular weight excluding hydrogens is 488 g/mol. The number of rotatable bonds is 5. The summed E-state index contributed by atoms with van der Waals surface area (Å²) in [5.74, 6) is 0.757. The van der Waals surface area contributed by atoms with E-state index in [0.29, 0.717) is 38.5 Å². The number of benzene rings is 2. The van der Waals surface area contributed by atoms with Gasteiger partial charge in [-0.15, -0.1) is 0 Å². The minimum atomic E-state index is -0.723. The fraction of sp³-hybridized carbons (Fsp3) is 0.531. The molecule has 7 nitrogen and oxygen atoms in total. The van der Waals surface area contributed by atoms with Gasteiger partial charge in [-0.25, -0.2) is 0 Å². The van der Waals surface area contributed by atoms with E-state index in [-0.39, 0.29) is 24.3 Å². The van der Waals surface area contributed by atoms with Crippen molar-refractivity contribution >= 4 is 23.4 Å². The van der Waals surface area contributed by atoms with Crippen molar-refractivity contribution in [3.05, 3.63) is 66.2 Å². The molecule has 1 spiro atoms. The van der Waals surface area contributed by atoms with E-state index < -0.39 is 11.0 Å². The Morgan fingerprint density at radius 1 is 0.846 bits per heavy atom. The van der Waals surface area contributed by atoms with Crippen LogP contribution in [0.4, 0.5) is 5.69 Å². The first kappa shape index (κ1) is 27.2. The lowest BCUT2D eigenvalue weighted by Gasteiger charge is -2.44. The van der Waals surface area contributed by atoms with Gasteiger partial charge in [0.2, 0.25) is 11.8 Å². The largest absolute Gasteiger partial charge is 0.342 e. The van der Waals surface area contributed by atoms with E-state index in [4.69, 9.17) is 0 Å². The number of amides is 3. The molecule has 2 aromatic rings. The number of carbonyl (C=O) groups is 3. The number of carbonyl (C=O) groups excluding carboxylic acids is 3. The Morgan fingerprint density at radius 2 is 1.44 bits per heavy atom. The number of piperidine rings is 2. The summed E-state index contributed by atoms with van der Waals surface area (Å²) in [6, 6.07) is 20.6. The Morgan fingerprint density at radius 3 is 2.03 bits per heavy atom. The maximum absolute atomic E-state index is 14.0. The van der Waals surface area contributed by atoms with Gasteiger partial charge in [0.25, 0.3) is 5.91 Å². The molecule has 3 saturated heterocycles.